The molecule has 0 spiro atoms. The second kappa shape index (κ2) is 6.52. The van der Waals surface area contributed by atoms with Gasteiger partial charge in [0, 0.05) is 46.5 Å². The van der Waals surface area contributed by atoms with Crippen LogP contribution in [0.2, 0.25) is 0 Å². The molecule has 0 saturated carbocycles. The number of hydrogen-bond donors (Lipinski definition) is 0. The molecule has 3 rings (SSSR count). The van der Waals surface area contributed by atoms with Crippen LogP contribution in [0.5, 0.6) is 11.5 Å². The Labute approximate surface area is 154 Å². The topological polar surface area (TPSA) is 38.8 Å². The minimum Gasteiger partial charge on any atom is -0.493 e. The van der Waals surface area contributed by atoms with Crippen LogP contribution in [0, 0.1) is 11.8 Å². The molecule has 0 N–H and O–H groups in total. The predicted octanol–water partition coefficient (Wildman–Crippen LogP) is 3.24. The van der Waals surface area contributed by atoms with Gasteiger partial charge in [-0.2, -0.15) is 0 Å². The molecular formula is C19H27NO3. The van der Waals surface area contributed by atoms with Gasteiger partial charge >= 0.3 is 0 Å². The van der Waals surface area contributed by atoms with Crippen molar-refractivity contribution >= 4 is 5.78 Å². The Morgan fingerprint density at radius 2 is 2.17 bits per heavy atom. The third-order valence-electron chi connectivity index (χ3n) is 4.30. The summed E-state index contributed by atoms with van der Waals surface area (Å²) in [6.45, 7) is -10.0. The molecule has 0 aromatic heterocycles. The smallest absolute Gasteiger partial charge is 0.161 e. The van der Waals surface area contributed by atoms with Crippen molar-refractivity contribution in [3.05, 3.63) is 23.3 Å². The average Bonchev–Trinajstić information content (AvgIpc) is 2.69. The van der Waals surface area contributed by atoms with Crippen LogP contribution in [-0.2, 0) is 11.2 Å². The summed E-state index contributed by atoms with van der Waals surface area (Å²) < 4.78 is 99.2. The number of methoxy groups -OCH3 is 2. The Morgan fingerprint density at radius 1 is 1.43 bits per heavy atom. The number of carbonyl (C=O) groups is 1. The number of nitrogens with zero attached hydrogens (tertiary/aromatic N) is 1. The van der Waals surface area contributed by atoms with Gasteiger partial charge in [0.2, 0.25) is 0 Å². The van der Waals surface area contributed by atoms with Crippen molar-refractivity contribution in [1.29, 1.82) is 0 Å². The first-order valence-corrected chi connectivity index (χ1v) is 7.40. The van der Waals surface area contributed by atoms with Gasteiger partial charge < -0.3 is 9.47 Å². The molecule has 23 heavy (non-hydrogen) atoms. The number of Topliss-reactive ketones (excluding diaryl/α,β-unsaturated/α-hetero) is 1. The van der Waals surface area contributed by atoms with Gasteiger partial charge in [-0.1, -0.05) is 13.7 Å². The highest BCUT2D eigenvalue weighted by Crippen LogP contribution is 2.42. The van der Waals surface area contributed by atoms with Crippen molar-refractivity contribution < 1.29 is 29.3 Å². The van der Waals surface area contributed by atoms with E-state index < -0.39 is 50.2 Å². The summed E-state index contributed by atoms with van der Waals surface area (Å²) >= 11 is 0. The van der Waals surface area contributed by atoms with Crippen molar-refractivity contribution in [3.8, 4) is 11.5 Å². The highest BCUT2D eigenvalue weighted by molar-refractivity contribution is 5.83. The molecule has 126 valence electrons. The molecule has 2 aliphatic heterocycles. The van der Waals surface area contributed by atoms with Crippen LogP contribution in [0.4, 0.5) is 0 Å². The van der Waals surface area contributed by atoms with Gasteiger partial charge in [-0.05, 0) is 41.9 Å². The number of ether oxygens (including phenoxy) is 2. The highest BCUT2D eigenvalue weighted by atomic mass is 16.5. The quantitative estimate of drug-likeness (QED) is 0.850. The van der Waals surface area contributed by atoms with E-state index in [1.54, 1.807) is 12.1 Å². The van der Waals surface area contributed by atoms with Crippen LogP contribution in [0.1, 0.15) is 58.7 Å². The number of hydrogen-bond acceptors (Lipinski definition) is 4. The largest absolute Gasteiger partial charge is 0.493 e. The van der Waals surface area contributed by atoms with E-state index in [-0.39, 0.29) is 13.0 Å². The van der Waals surface area contributed by atoms with Crippen LogP contribution in [0.25, 0.3) is 0 Å². The van der Waals surface area contributed by atoms with E-state index in [2.05, 4.69) is 0 Å². The molecule has 2 atom stereocenters. The minimum atomic E-state index is -3.74. The summed E-state index contributed by atoms with van der Waals surface area (Å²) in [5, 5.41) is 0. The average molecular weight is 328 g/mol. The lowest BCUT2D eigenvalue weighted by molar-refractivity contribution is -0.129. The van der Waals surface area contributed by atoms with Crippen LogP contribution >= 0.6 is 0 Å². The summed E-state index contributed by atoms with van der Waals surface area (Å²) in [7, 11) is 2.90. The van der Waals surface area contributed by atoms with Gasteiger partial charge in [-0.25, -0.2) is 0 Å². The molecule has 0 amide bonds. The van der Waals surface area contributed by atoms with Gasteiger partial charge in [-0.15, -0.1) is 0 Å². The number of rotatable bonds is 4. The molecule has 1 fully saturated rings. The Kier molecular flexibility index (Phi) is 2.14. The third-order valence-corrected chi connectivity index (χ3v) is 4.30. The summed E-state index contributed by atoms with van der Waals surface area (Å²) in [5.74, 6) is -6.20. The van der Waals surface area contributed by atoms with Crippen molar-refractivity contribution in [1.82, 2.24) is 4.90 Å². The van der Waals surface area contributed by atoms with Gasteiger partial charge in [0.1, 0.15) is 5.78 Å². The summed E-state index contributed by atoms with van der Waals surface area (Å²) in [6, 6.07) is 2.55. The second-order valence-electron chi connectivity index (χ2n) is 5.62. The number of carbonyl (C=O) groups excluding carboxylic acids is 1. The number of ketones is 1. The van der Waals surface area contributed by atoms with E-state index in [1.165, 1.54) is 19.1 Å². The maximum atomic E-state index is 13.3. The molecule has 4 heteroatoms. The van der Waals surface area contributed by atoms with Crippen LogP contribution in [-0.4, -0.2) is 37.9 Å². The summed E-state index contributed by atoms with van der Waals surface area (Å²) in [6.07, 6.45) is -3.61. The number of benzene rings is 1. The van der Waals surface area contributed by atoms with Crippen LogP contribution in [0.15, 0.2) is 12.1 Å². The van der Waals surface area contributed by atoms with E-state index in [1.807, 2.05) is 0 Å². The van der Waals surface area contributed by atoms with Crippen LogP contribution in [0.3, 0.4) is 0 Å². The molecule has 4 nitrogen and oxygen atoms in total. The summed E-state index contributed by atoms with van der Waals surface area (Å²) in [4.78, 5) is 14.5. The molecule has 0 radical (unpaired) electrons. The Balaban J connectivity index is 2.13. The zero-order valence-electron chi connectivity index (χ0n) is 24.1. The third kappa shape index (κ3) is 3.09. The van der Waals surface area contributed by atoms with E-state index in [9.17, 15) is 4.79 Å². The fourth-order valence-electron chi connectivity index (χ4n) is 3.21. The Bertz CT molecular complexity index is 959. The molecule has 0 bridgehead atoms. The first-order valence-electron chi connectivity index (χ1n) is 12.9. The minimum absolute atomic E-state index is 0.0620. The van der Waals surface area contributed by atoms with Crippen molar-refractivity contribution in [2.24, 2.45) is 11.8 Å². The maximum absolute atomic E-state index is 13.3. The monoisotopic (exact) mass is 328 g/mol. The van der Waals surface area contributed by atoms with Crippen molar-refractivity contribution in [2.45, 2.75) is 39.0 Å². The lowest BCUT2D eigenvalue weighted by Gasteiger charge is -2.43. The summed E-state index contributed by atoms with van der Waals surface area (Å²) in [5.41, 5.74) is 1.38. The van der Waals surface area contributed by atoms with Crippen molar-refractivity contribution in [3.63, 3.8) is 0 Å². The number of fused-ring (bicyclic) bond motifs is 3. The first-order chi connectivity index (χ1) is 15.4. The van der Waals surface area contributed by atoms with E-state index >= 15 is 0 Å². The normalized spacial score (nSPS) is 35.7. The van der Waals surface area contributed by atoms with E-state index in [4.69, 9.17) is 24.6 Å². The second-order valence-corrected chi connectivity index (χ2v) is 5.62. The van der Waals surface area contributed by atoms with Gasteiger partial charge in [0.15, 0.2) is 11.5 Å². The molecule has 1 saturated heterocycles. The number of piperidine rings is 1. The van der Waals surface area contributed by atoms with Crippen molar-refractivity contribution in [2.75, 3.05) is 27.3 Å². The molecule has 1 aromatic carbocycles. The Morgan fingerprint density at radius 3 is 2.87 bits per heavy atom. The van der Waals surface area contributed by atoms with Gasteiger partial charge in [-0.3, -0.25) is 9.69 Å². The molecule has 1 aromatic rings. The van der Waals surface area contributed by atoms with Crippen LogP contribution < -0.4 is 9.47 Å². The first kappa shape index (κ1) is 7.56. The lowest BCUT2D eigenvalue weighted by atomic mass is 9.80. The SMILES string of the molecule is [2H]C1([2H])C(C([2H])([2H])C([2H])(C([2H])([2H])[2H])C([2H])([2H])[2H])C(=O)CC2c3cc(OC)c(OC)cc3CCN21. The molecule has 2 unspecified atom stereocenters. The fraction of sp³-hybridized carbons (Fsp3) is 0.632. The standard InChI is InChI=1S/C19H27NO3/c1-12(2)7-14-11-20-6-5-13-8-18(22-3)19(23-4)9-15(13)16(20)10-17(14)21/h8-9,12,14,16H,5-7,10-11H2,1-4H3/i1D3,2D3,7D2,11D2,12D. The predicted molar refractivity (Wildman–Crippen MR) is 90.1 cm³/mol. The lowest BCUT2D eigenvalue weighted by Crippen LogP contribution is -2.46. The highest BCUT2D eigenvalue weighted by Gasteiger charge is 2.38. The van der Waals surface area contributed by atoms with E-state index in [0.29, 0.717) is 23.5 Å². The molecule has 2 aliphatic rings. The molecule has 0 aliphatic carbocycles. The molecule has 2 heterocycles. The molecular weight excluding hydrogens is 290 g/mol. The van der Waals surface area contributed by atoms with E-state index in [0.717, 1.165) is 5.56 Å². The van der Waals surface area contributed by atoms with Gasteiger partial charge in [0.05, 0.1) is 14.2 Å². The maximum Gasteiger partial charge on any atom is 0.161 e. The zero-order valence-corrected chi connectivity index (χ0v) is 13.1. The zero-order chi connectivity index (χ0) is 26.1. The van der Waals surface area contributed by atoms with Gasteiger partial charge in [0.25, 0.3) is 0 Å². The Hall–Kier alpha value is -1.55. The fourth-order valence-corrected chi connectivity index (χ4v) is 3.21.